The summed E-state index contributed by atoms with van der Waals surface area (Å²) in [7, 11) is 1.67. The molecule has 1 rings (SSSR count). The number of hydrogen-bond acceptors (Lipinski definition) is 3. The van der Waals surface area contributed by atoms with Crippen molar-refractivity contribution >= 4 is 17.5 Å². The molecule has 16 heavy (non-hydrogen) atoms. The number of nitrogens with two attached hydrogens (primary N) is 1. The lowest BCUT2D eigenvalue weighted by Crippen LogP contribution is -2.29. The summed E-state index contributed by atoms with van der Waals surface area (Å²) in [6.45, 7) is 1.08. The van der Waals surface area contributed by atoms with E-state index in [9.17, 15) is 9.90 Å². The van der Waals surface area contributed by atoms with Gasteiger partial charge in [-0.1, -0.05) is 11.6 Å². The number of rotatable bonds is 4. The SMILES string of the molecule is CN(CCCN)C(=O)c1cc(Cl)ccc1O. The molecule has 4 nitrogen and oxygen atoms in total. The Hall–Kier alpha value is -1.26. The van der Waals surface area contributed by atoms with Crippen molar-refractivity contribution in [1.82, 2.24) is 4.90 Å². The molecule has 0 aliphatic heterocycles. The molecule has 1 aromatic carbocycles. The Morgan fingerprint density at radius 1 is 1.56 bits per heavy atom. The number of carbonyl (C=O) groups excluding carboxylic acids is 1. The van der Waals surface area contributed by atoms with Crippen LogP contribution in [0.1, 0.15) is 16.8 Å². The lowest BCUT2D eigenvalue weighted by Gasteiger charge is -2.17. The van der Waals surface area contributed by atoms with Crippen LogP contribution in [0, 0.1) is 0 Å². The van der Waals surface area contributed by atoms with Crippen molar-refractivity contribution in [2.45, 2.75) is 6.42 Å². The van der Waals surface area contributed by atoms with Crippen LogP contribution in [0.4, 0.5) is 0 Å². The standard InChI is InChI=1S/C11H15ClN2O2/c1-14(6-2-5-13)11(16)9-7-8(12)3-4-10(9)15/h3-4,7,15H,2,5-6,13H2,1H3. The lowest BCUT2D eigenvalue weighted by molar-refractivity contribution is 0.0791. The summed E-state index contributed by atoms with van der Waals surface area (Å²) in [5.74, 6) is -0.317. The normalized spacial score (nSPS) is 10.2. The highest BCUT2D eigenvalue weighted by molar-refractivity contribution is 6.31. The van der Waals surface area contributed by atoms with Crippen LogP contribution in [0.5, 0.6) is 5.75 Å². The van der Waals surface area contributed by atoms with E-state index in [4.69, 9.17) is 17.3 Å². The predicted molar refractivity (Wildman–Crippen MR) is 63.7 cm³/mol. The maximum Gasteiger partial charge on any atom is 0.257 e. The first-order valence-corrected chi connectivity index (χ1v) is 5.38. The minimum atomic E-state index is -0.256. The highest BCUT2D eigenvalue weighted by atomic mass is 35.5. The van der Waals surface area contributed by atoms with Crippen molar-refractivity contribution in [2.24, 2.45) is 5.73 Å². The number of phenols is 1. The molecular formula is C11H15ClN2O2. The van der Waals surface area contributed by atoms with E-state index < -0.39 is 0 Å². The molecule has 0 aromatic heterocycles. The average Bonchev–Trinajstić information content (AvgIpc) is 2.28. The largest absolute Gasteiger partial charge is 0.507 e. The molecule has 5 heteroatoms. The molecule has 88 valence electrons. The highest BCUT2D eigenvalue weighted by Gasteiger charge is 2.15. The maximum atomic E-state index is 11.9. The molecule has 0 radical (unpaired) electrons. The molecule has 0 unspecified atom stereocenters. The van der Waals surface area contributed by atoms with E-state index >= 15 is 0 Å². The third-order valence-corrected chi connectivity index (χ3v) is 2.47. The van der Waals surface area contributed by atoms with Crippen LogP contribution >= 0.6 is 11.6 Å². The third kappa shape index (κ3) is 3.12. The Kier molecular flexibility index (Phi) is 4.58. The Balaban J connectivity index is 2.83. The van der Waals surface area contributed by atoms with Gasteiger partial charge in [-0.25, -0.2) is 0 Å². The van der Waals surface area contributed by atoms with Crippen molar-refractivity contribution in [3.05, 3.63) is 28.8 Å². The summed E-state index contributed by atoms with van der Waals surface area (Å²) in [6.07, 6.45) is 0.726. The fourth-order valence-corrected chi connectivity index (χ4v) is 1.49. The molecule has 0 aliphatic carbocycles. The first-order chi connectivity index (χ1) is 7.56. The van der Waals surface area contributed by atoms with Crippen LogP contribution in [-0.2, 0) is 0 Å². The molecule has 3 N–H and O–H groups in total. The zero-order chi connectivity index (χ0) is 12.1. The summed E-state index contributed by atoms with van der Waals surface area (Å²) < 4.78 is 0. The van der Waals surface area contributed by atoms with E-state index in [1.54, 1.807) is 7.05 Å². The molecule has 0 atom stereocenters. The van der Waals surface area contributed by atoms with Crippen molar-refractivity contribution in [3.8, 4) is 5.75 Å². The second-order valence-corrected chi connectivity index (χ2v) is 3.97. The number of phenolic OH excluding ortho intramolecular Hbond substituents is 1. The molecule has 0 fully saturated rings. The highest BCUT2D eigenvalue weighted by Crippen LogP contribution is 2.22. The van der Waals surface area contributed by atoms with Gasteiger partial charge in [0.2, 0.25) is 0 Å². The van der Waals surface area contributed by atoms with E-state index in [0.717, 1.165) is 6.42 Å². The second kappa shape index (κ2) is 5.72. The summed E-state index contributed by atoms with van der Waals surface area (Å²) in [4.78, 5) is 13.4. The van der Waals surface area contributed by atoms with Gasteiger partial charge >= 0.3 is 0 Å². The summed E-state index contributed by atoms with van der Waals surface area (Å²) >= 11 is 5.77. The van der Waals surface area contributed by atoms with Crippen molar-refractivity contribution in [2.75, 3.05) is 20.1 Å². The van der Waals surface area contributed by atoms with Crippen molar-refractivity contribution < 1.29 is 9.90 Å². The first kappa shape index (κ1) is 12.8. The number of aromatic hydroxyl groups is 1. The van der Waals surface area contributed by atoms with E-state index in [1.807, 2.05) is 0 Å². The van der Waals surface area contributed by atoms with Gasteiger partial charge in [0.25, 0.3) is 5.91 Å². The molecule has 0 aliphatic rings. The average molecular weight is 243 g/mol. The quantitative estimate of drug-likeness (QED) is 0.840. The second-order valence-electron chi connectivity index (χ2n) is 3.53. The first-order valence-electron chi connectivity index (χ1n) is 5.00. The van der Waals surface area contributed by atoms with E-state index in [-0.39, 0.29) is 17.2 Å². The topological polar surface area (TPSA) is 66.6 Å². The minimum Gasteiger partial charge on any atom is -0.507 e. The monoisotopic (exact) mass is 242 g/mol. The Morgan fingerprint density at radius 3 is 2.88 bits per heavy atom. The lowest BCUT2D eigenvalue weighted by atomic mass is 10.1. The van der Waals surface area contributed by atoms with Gasteiger partial charge in [-0.05, 0) is 31.2 Å². The Bertz CT molecular complexity index is 382. The summed E-state index contributed by atoms with van der Waals surface area (Å²) in [5.41, 5.74) is 5.58. The molecule has 1 amide bonds. The van der Waals surface area contributed by atoms with Gasteiger partial charge in [0.15, 0.2) is 0 Å². The van der Waals surface area contributed by atoms with Crippen LogP contribution in [0.15, 0.2) is 18.2 Å². The van der Waals surface area contributed by atoms with Gasteiger partial charge in [-0.2, -0.15) is 0 Å². The van der Waals surface area contributed by atoms with Gasteiger partial charge in [-0.3, -0.25) is 4.79 Å². The molecular weight excluding hydrogens is 228 g/mol. The fraction of sp³-hybridized carbons (Fsp3) is 0.364. The Morgan fingerprint density at radius 2 is 2.25 bits per heavy atom. The minimum absolute atomic E-state index is 0.0611. The van der Waals surface area contributed by atoms with E-state index in [2.05, 4.69) is 0 Å². The molecule has 0 heterocycles. The predicted octanol–water partition coefficient (Wildman–Crippen LogP) is 1.47. The van der Waals surface area contributed by atoms with Crippen LogP contribution in [-0.4, -0.2) is 36.1 Å². The van der Waals surface area contributed by atoms with Crippen molar-refractivity contribution in [1.29, 1.82) is 0 Å². The van der Waals surface area contributed by atoms with Gasteiger partial charge < -0.3 is 15.7 Å². The third-order valence-electron chi connectivity index (χ3n) is 2.23. The van der Waals surface area contributed by atoms with Gasteiger partial charge in [0.05, 0.1) is 5.56 Å². The van der Waals surface area contributed by atoms with Crippen LogP contribution in [0.3, 0.4) is 0 Å². The number of hydrogen-bond donors (Lipinski definition) is 2. The molecule has 0 saturated carbocycles. The number of amides is 1. The number of carbonyl (C=O) groups is 1. The smallest absolute Gasteiger partial charge is 0.257 e. The maximum absolute atomic E-state index is 11.9. The Labute approximate surface area is 99.6 Å². The van der Waals surface area contributed by atoms with E-state index in [1.165, 1.54) is 23.1 Å². The molecule has 1 aromatic rings. The molecule has 0 bridgehead atoms. The molecule has 0 spiro atoms. The number of halogens is 1. The summed E-state index contributed by atoms with van der Waals surface area (Å²) in [5, 5.41) is 9.97. The van der Waals surface area contributed by atoms with Crippen LogP contribution in [0.25, 0.3) is 0 Å². The number of nitrogens with zero attached hydrogens (tertiary/aromatic N) is 1. The van der Waals surface area contributed by atoms with Crippen LogP contribution < -0.4 is 5.73 Å². The number of benzene rings is 1. The van der Waals surface area contributed by atoms with Gasteiger partial charge in [0.1, 0.15) is 5.75 Å². The summed E-state index contributed by atoms with van der Waals surface area (Å²) in [6, 6.07) is 4.40. The molecule has 0 saturated heterocycles. The van der Waals surface area contributed by atoms with Gasteiger partial charge in [0, 0.05) is 18.6 Å². The van der Waals surface area contributed by atoms with Gasteiger partial charge in [-0.15, -0.1) is 0 Å². The zero-order valence-corrected chi connectivity index (χ0v) is 9.87. The van der Waals surface area contributed by atoms with Crippen molar-refractivity contribution in [3.63, 3.8) is 0 Å². The van der Waals surface area contributed by atoms with Crippen LogP contribution in [0.2, 0.25) is 5.02 Å². The zero-order valence-electron chi connectivity index (χ0n) is 9.11. The van der Waals surface area contributed by atoms with E-state index in [0.29, 0.717) is 18.1 Å². The fourth-order valence-electron chi connectivity index (χ4n) is 1.32.